The quantitative estimate of drug-likeness (QED) is 0.175. The van der Waals surface area contributed by atoms with Crippen LogP contribution < -0.4 is 19.9 Å². The van der Waals surface area contributed by atoms with Gasteiger partial charge in [0.05, 0.1) is 29.6 Å². The van der Waals surface area contributed by atoms with Crippen molar-refractivity contribution in [1.82, 2.24) is 10.3 Å². The number of rotatable bonds is 8. The van der Waals surface area contributed by atoms with Crippen molar-refractivity contribution in [2.24, 2.45) is 0 Å². The minimum atomic E-state index is -4.65. The molecule has 2 heterocycles. The van der Waals surface area contributed by atoms with Gasteiger partial charge in [0.2, 0.25) is 5.88 Å². The lowest BCUT2D eigenvalue weighted by atomic mass is 10.00. The van der Waals surface area contributed by atoms with Crippen LogP contribution in [0.3, 0.4) is 0 Å². The summed E-state index contributed by atoms with van der Waals surface area (Å²) in [6.07, 6.45) is -4.54. The minimum absolute atomic E-state index is 0.0258. The van der Waals surface area contributed by atoms with E-state index in [1.807, 2.05) is 0 Å². The van der Waals surface area contributed by atoms with Crippen LogP contribution in [0.5, 0.6) is 5.88 Å². The predicted molar refractivity (Wildman–Crippen MR) is 139 cm³/mol. The summed E-state index contributed by atoms with van der Waals surface area (Å²) >= 11 is 3.34. The Morgan fingerprint density at radius 3 is 2.49 bits per heavy atom. The molecule has 0 spiro atoms. The van der Waals surface area contributed by atoms with Gasteiger partial charge in [0.25, 0.3) is 5.91 Å². The molecule has 4 rings (SSSR count). The number of hydrogen-bond donors (Lipinski definition) is 2. The molecule has 2 N–H and O–H groups in total. The van der Waals surface area contributed by atoms with Gasteiger partial charge in [-0.2, -0.15) is 13.2 Å². The maximum Gasteiger partial charge on any atom is 0.416 e. The van der Waals surface area contributed by atoms with Gasteiger partial charge in [0.15, 0.2) is 0 Å². The number of halogens is 5. The molecule has 1 aromatic heterocycles. The largest absolute Gasteiger partial charge is 0.481 e. The number of benzene rings is 2. The van der Waals surface area contributed by atoms with Crippen LogP contribution in [-0.2, 0) is 12.6 Å². The van der Waals surface area contributed by atoms with Crippen LogP contribution in [-0.4, -0.2) is 42.4 Å². The second-order valence-electron chi connectivity index (χ2n) is 8.66. The number of carbonyl (C=O) groups excluding carboxylic acids is 1. The van der Waals surface area contributed by atoms with Crippen LogP contribution >= 0.6 is 15.9 Å². The number of carbonyl (C=O) groups is 2. The first-order valence-electron chi connectivity index (χ1n) is 11.8. The normalized spacial score (nSPS) is 13.3. The van der Waals surface area contributed by atoms with Crippen molar-refractivity contribution in [1.29, 1.82) is 0 Å². The molecule has 2 amide bonds. The Hall–Kier alpha value is -3.87. The fraction of sp³-hybridized carbons (Fsp3) is 0.269. The summed E-state index contributed by atoms with van der Waals surface area (Å²) in [5.41, 5.74) is 0.401. The number of pyridine rings is 1. The topological polar surface area (TPSA) is 95.0 Å². The molecule has 39 heavy (non-hydrogen) atoms. The summed E-state index contributed by atoms with van der Waals surface area (Å²) in [5.74, 6) is -0.778. The van der Waals surface area contributed by atoms with Crippen LogP contribution in [0.25, 0.3) is 0 Å². The summed E-state index contributed by atoms with van der Waals surface area (Å²) in [7, 11) is 1.44. The van der Waals surface area contributed by atoms with E-state index >= 15 is 0 Å². The van der Waals surface area contributed by atoms with Crippen LogP contribution in [0.2, 0.25) is 0 Å². The zero-order valence-corrected chi connectivity index (χ0v) is 22.1. The lowest BCUT2D eigenvalue weighted by Crippen LogP contribution is -2.45. The van der Waals surface area contributed by atoms with Gasteiger partial charge in [-0.05, 0) is 83.2 Å². The highest BCUT2D eigenvalue weighted by molar-refractivity contribution is 9.10. The zero-order chi connectivity index (χ0) is 28.3. The number of fused-ring (bicyclic) bond motifs is 1. The SMILES string of the molecule is COc1ccc(N2CN(c3ccc(F)cc3CCCCNC(=O)O)c3cc(C(F)(F)F)ccc3C2=O)c(Br)n1. The van der Waals surface area contributed by atoms with Crippen molar-refractivity contribution < 1.29 is 37.0 Å². The van der Waals surface area contributed by atoms with Gasteiger partial charge in [-0.1, -0.05) is 0 Å². The molecule has 8 nitrogen and oxygen atoms in total. The first-order valence-corrected chi connectivity index (χ1v) is 12.6. The molecule has 0 fully saturated rings. The van der Waals surface area contributed by atoms with Crippen molar-refractivity contribution in [3.05, 3.63) is 75.6 Å². The average molecular weight is 611 g/mol. The Morgan fingerprint density at radius 2 is 1.82 bits per heavy atom. The third kappa shape index (κ3) is 6.24. The van der Waals surface area contributed by atoms with Gasteiger partial charge in [0.1, 0.15) is 17.1 Å². The van der Waals surface area contributed by atoms with Crippen LogP contribution in [0.1, 0.15) is 34.3 Å². The van der Waals surface area contributed by atoms with E-state index in [9.17, 15) is 27.2 Å². The van der Waals surface area contributed by atoms with E-state index in [2.05, 4.69) is 26.2 Å². The molecular weight excluding hydrogens is 588 g/mol. The lowest BCUT2D eigenvalue weighted by Gasteiger charge is -2.39. The Bertz CT molecular complexity index is 1400. The van der Waals surface area contributed by atoms with Crippen molar-refractivity contribution in [3.8, 4) is 5.88 Å². The van der Waals surface area contributed by atoms with Gasteiger partial charge < -0.3 is 20.1 Å². The van der Waals surface area contributed by atoms with E-state index in [1.165, 1.54) is 35.1 Å². The second kappa shape index (κ2) is 11.5. The number of unbranched alkanes of at least 4 members (excludes halogenated alkanes) is 1. The highest BCUT2D eigenvalue weighted by Crippen LogP contribution is 2.42. The molecule has 3 aromatic rings. The number of nitrogens with one attached hydrogen (secondary N) is 1. The summed E-state index contributed by atoms with van der Waals surface area (Å²) in [5, 5.41) is 11.0. The number of nitrogens with zero attached hydrogens (tertiary/aromatic N) is 3. The standard InChI is InChI=1S/C26H23BrF4N4O4/c1-39-22-10-9-20(23(27)33-22)35-14-34(21-13-16(26(29,30)31)5-7-18(21)24(35)36)19-8-6-17(28)12-15(19)4-2-3-11-32-25(37)38/h5-10,12-13,32H,2-4,11,14H2,1H3,(H,37,38). The van der Waals surface area contributed by atoms with Crippen molar-refractivity contribution in [3.63, 3.8) is 0 Å². The first kappa shape index (κ1) is 28.1. The molecule has 206 valence electrons. The van der Waals surface area contributed by atoms with Crippen molar-refractivity contribution >= 4 is 45.0 Å². The molecule has 0 bridgehead atoms. The molecule has 0 radical (unpaired) electrons. The molecule has 0 saturated heterocycles. The maximum atomic E-state index is 14.3. The van der Waals surface area contributed by atoms with Crippen LogP contribution in [0.4, 0.5) is 39.4 Å². The molecular formula is C26H23BrF4N4O4. The number of hydrogen-bond acceptors (Lipinski definition) is 5. The van der Waals surface area contributed by atoms with E-state index in [4.69, 9.17) is 9.84 Å². The van der Waals surface area contributed by atoms with Gasteiger partial charge in [-0.3, -0.25) is 9.69 Å². The van der Waals surface area contributed by atoms with Gasteiger partial charge >= 0.3 is 12.3 Å². The van der Waals surface area contributed by atoms with Crippen molar-refractivity contribution in [2.45, 2.75) is 25.4 Å². The minimum Gasteiger partial charge on any atom is -0.481 e. The Balaban J connectivity index is 1.79. The van der Waals surface area contributed by atoms with Crippen LogP contribution in [0.15, 0.2) is 53.1 Å². The molecule has 1 aliphatic rings. The fourth-order valence-electron chi connectivity index (χ4n) is 4.31. The molecule has 0 aliphatic carbocycles. The highest BCUT2D eigenvalue weighted by atomic mass is 79.9. The Morgan fingerprint density at radius 1 is 1.08 bits per heavy atom. The average Bonchev–Trinajstić information content (AvgIpc) is 2.88. The fourth-order valence-corrected chi connectivity index (χ4v) is 4.83. The summed E-state index contributed by atoms with van der Waals surface area (Å²) < 4.78 is 60.6. The number of carboxylic acid groups (broad SMARTS) is 1. The molecule has 13 heteroatoms. The van der Waals surface area contributed by atoms with Crippen molar-refractivity contribution in [2.75, 3.05) is 30.1 Å². The van der Waals surface area contributed by atoms with Crippen LogP contribution in [0, 0.1) is 5.82 Å². The number of anilines is 3. The van der Waals surface area contributed by atoms with E-state index in [-0.39, 0.29) is 29.1 Å². The van der Waals surface area contributed by atoms with Gasteiger partial charge in [0, 0.05) is 18.3 Å². The lowest BCUT2D eigenvalue weighted by molar-refractivity contribution is -0.137. The molecule has 1 aliphatic heterocycles. The monoisotopic (exact) mass is 610 g/mol. The number of ether oxygens (including phenoxy) is 1. The maximum absolute atomic E-state index is 14.3. The predicted octanol–water partition coefficient (Wildman–Crippen LogP) is 6.36. The zero-order valence-electron chi connectivity index (χ0n) is 20.6. The Labute approximate surface area is 229 Å². The number of alkyl halides is 3. The highest BCUT2D eigenvalue weighted by Gasteiger charge is 2.37. The van der Waals surface area contributed by atoms with Gasteiger partial charge in [-0.25, -0.2) is 14.2 Å². The summed E-state index contributed by atoms with van der Waals surface area (Å²) in [6, 6.07) is 9.99. The van der Waals surface area contributed by atoms with E-state index in [0.29, 0.717) is 42.1 Å². The molecule has 0 atom stereocenters. The summed E-state index contributed by atoms with van der Waals surface area (Å²) in [4.78, 5) is 31.3. The third-order valence-electron chi connectivity index (χ3n) is 6.16. The molecule has 0 saturated carbocycles. The first-order chi connectivity index (χ1) is 18.5. The third-order valence-corrected chi connectivity index (χ3v) is 6.74. The van der Waals surface area contributed by atoms with E-state index in [1.54, 1.807) is 12.1 Å². The Kier molecular flexibility index (Phi) is 8.28. The van der Waals surface area contributed by atoms with E-state index < -0.39 is 29.6 Å². The van der Waals surface area contributed by atoms with Gasteiger partial charge in [-0.15, -0.1) is 0 Å². The van der Waals surface area contributed by atoms with E-state index in [0.717, 1.165) is 18.2 Å². The number of methoxy groups -OCH3 is 1. The number of aromatic nitrogens is 1. The molecule has 0 unspecified atom stereocenters. The second-order valence-corrected chi connectivity index (χ2v) is 9.41. The molecule has 2 aromatic carbocycles. The summed E-state index contributed by atoms with van der Waals surface area (Å²) in [6.45, 7) is 0.0151. The number of aryl methyl sites for hydroxylation is 1. The smallest absolute Gasteiger partial charge is 0.416 e. The number of amides is 2.